The lowest BCUT2D eigenvalue weighted by Crippen LogP contribution is -2.58. The Morgan fingerprint density at radius 1 is 1.23 bits per heavy atom. The topological polar surface area (TPSA) is 85.9 Å². The molecule has 0 aromatic heterocycles. The molecule has 2 amide bonds. The van der Waals surface area contributed by atoms with E-state index in [1.165, 1.54) is 32.1 Å². The van der Waals surface area contributed by atoms with E-state index in [0.717, 1.165) is 31.1 Å². The van der Waals surface area contributed by atoms with Crippen LogP contribution in [0.3, 0.4) is 0 Å². The number of hydrazone groups is 1. The van der Waals surface area contributed by atoms with Gasteiger partial charge in [-0.15, -0.1) is 0 Å². The summed E-state index contributed by atoms with van der Waals surface area (Å²) in [5.41, 5.74) is 7.57. The number of amides is 2. The molecule has 3 saturated carbocycles. The number of urea groups is 1. The van der Waals surface area contributed by atoms with Gasteiger partial charge >= 0.3 is 6.03 Å². The van der Waals surface area contributed by atoms with Crippen molar-refractivity contribution in [3.63, 3.8) is 0 Å². The van der Waals surface area contributed by atoms with Crippen molar-refractivity contribution in [3.8, 4) is 0 Å². The van der Waals surface area contributed by atoms with Crippen LogP contribution in [0, 0.1) is 29.1 Å². The van der Waals surface area contributed by atoms with E-state index >= 15 is 0 Å². The maximum Gasteiger partial charge on any atom is 0.332 e. The van der Waals surface area contributed by atoms with Gasteiger partial charge in [-0.3, -0.25) is 0 Å². The monoisotopic (exact) mass is 365 g/mol. The molecule has 6 heteroatoms. The van der Waals surface area contributed by atoms with Crippen LogP contribution in [-0.2, 0) is 9.47 Å². The highest BCUT2D eigenvalue weighted by molar-refractivity contribution is 5.74. The highest BCUT2D eigenvalue weighted by Gasteiger charge is 2.56. The number of nitrogens with two attached hydrogens (primary N) is 1. The predicted octanol–water partition coefficient (Wildman–Crippen LogP) is 3.30. The van der Waals surface area contributed by atoms with Crippen molar-refractivity contribution < 1.29 is 14.3 Å². The first-order chi connectivity index (χ1) is 12.5. The zero-order chi connectivity index (χ0) is 18.7. The van der Waals surface area contributed by atoms with Gasteiger partial charge in [0.25, 0.3) is 0 Å². The van der Waals surface area contributed by atoms with Gasteiger partial charge < -0.3 is 15.2 Å². The van der Waals surface area contributed by atoms with Gasteiger partial charge in [0.1, 0.15) is 0 Å². The summed E-state index contributed by atoms with van der Waals surface area (Å²) in [4.78, 5) is 11.1. The highest BCUT2D eigenvalue weighted by Crippen LogP contribution is 2.58. The van der Waals surface area contributed by atoms with Crippen LogP contribution < -0.4 is 11.2 Å². The van der Waals surface area contributed by atoms with E-state index < -0.39 is 6.03 Å². The minimum atomic E-state index is -0.611. The van der Waals surface area contributed by atoms with Gasteiger partial charge in [0.15, 0.2) is 0 Å². The first-order valence-electron chi connectivity index (χ1n) is 10.2. The summed E-state index contributed by atoms with van der Waals surface area (Å²) < 4.78 is 11.8. The molecule has 7 unspecified atom stereocenters. The third-order valence-corrected chi connectivity index (χ3v) is 7.52. The molecule has 148 valence electrons. The molecule has 3 fully saturated rings. The van der Waals surface area contributed by atoms with E-state index in [-0.39, 0.29) is 17.6 Å². The largest absolute Gasteiger partial charge is 0.379 e. The van der Waals surface area contributed by atoms with Crippen molar-refractivity contribution in [2.24, 2.45) is 39.9 Å². The fourth-order valence-corrected chi connectivity index (χ4v) is 6.27. The summed E-state index contributed by atoms with van der Waals surface area (Å²) in [6.07, 6.45) is 11.8. The molecule has 0 aliphatic heterocycles. The first-order valence-corrected chi connectivity index (χ1v) is 10.2. The fraction of sp³-hybridized carbons (Fsp3) is 0.900. The molecule has 3 N–H and O–H groups in total. The van der Waals surface area contributed by atoms with E-state index in [1.807, 2.05) is 13.3 Å². The molecule has 0 radical (unpaired) electrons. The lowest BCUT2D eigenvalue weighted by molar-refractivity contribution is -0.160. The number of nitrogens with zero attached hydrogens (tertiary/aromatic N) is 1. The maximum atomic E-state index is 11.1. The smallest absolute Gasteiger partial charge is 0.332 e. The second kappa shape index (κ2) is 8.26. The van der Waals surface area contributed by atoms with E-state index in [0.29, 0.717) is 11.8 Å². The summed E-state index contributed by atoms with van der Waals surface area (Å²) in [5.74, 6) is 2.69. The fourth-order valence-electron chi connectivity index (χ4n) is 6.27. The number of carbonyl (C=O) groups is 1. The molecule has 0 saturated heterocycles. The van der Waals surface area contributed by atoms with Crippen LogP contribution in [0.1, 0.15) is 58.3 Å². The summed E-state index contributed by atoms with van der Waals surface area (Å²) in [7, 11) is 3.60. The molecule has 3 aliphatic rings. The van der Waals surface area contributed by atoms with Crippen LogP contribution in [0.5, 0.6) is 0 Å². The molecule has 0 aromatic carbocycles. The summed E-state index contributed by atoms with van der Waals surface area (Å²) >= 11 is 0. The molecule has 0 aromatic rings. The minimum Gasteiger partial charge on any atom is -0.379 e. The van der Waals surface area contributed by atoms with Crippen molar-refractivity contribution in [1.29, 1.82) is 0 Å². The molecule has 26 heavy (non-hydrogen) atoms. The average Bonchev–Trinajstić information content (AvgIpc) is 2.66. The van der Waals surface area contributed by atoms with Gasteiger partial charge in [0.05, 0.1) is 12.2 Å². The standard InChI is InChI=1S/C20H35N3O3/c1-4-13-5-6-15-14(11-13)7-9-20(12-22-23-19(21)24)10-8-16(25-2)18(26-3)17(15)20/h12-18H,4-11H2,1-3H3,(H3,21,23,24). The Balaban J connectivity index is 1.90. The Morgan fingerprint density at radius 2 is 2.00 bits per heavy atom. The highest BCUT2D eigenvalue weighted by atomic mass is 16.5. The van der Waals surface area contributed by atoms with Gasteiger partial charge in [0.2, 0.25) is 0 Å². The van der Waals surface area contributed by atoms with Gasteiger partial charge in [-0.1, -0.05) is 19.8 Å². The number of methoxy groups -OCH3 is 2. The Bertz CT molecular complexity index is 526. The van der Waals surface area contributed by atoms with Gasteiger partial charge in [-0.2, -0.15) is 5.10 Å². The van der Waals surface area contributed by atoms with Crippen molar-refractivity contribution in [2.45, 2.75) is 70.5 Å². The molecule has 3 rings (SSSR count). The lowest BCUT2D eigenvalue weighted by Gasteiger charge is -2.58. The lowest BCUT2D eigenvalue weighted by atomic mass is 9.49. The number of hydrogen-bond donors (Lipinski definition) is 2. The van der Waals surface area contributed by atoms with Crippen LogP contribution in [0.15, 0.2) is 5.10 Å². The Morgan fingerprint density at radius 3 is 2.65 bits per heavy atom. The Kier molecular flexibility index (Phi) is 6.23. The normalized spacial score (nSPS) is 42.9. The molecular weight excluding hydrogens is 330 g/mol. The second-order valence-electron chi connectivity index (χ2n) is 8.56. The van der Waals surface area contributed by atoms with E-state index in [2.05, 4.69) is 17.5 Å². The van der Waals surface area contributed by atoms with E-state index in [4.69, 9.17) is 15.2 Å². The number of primary amides is 1. The van der Waals surface area contributed by atoms with Crippen LogP contribution >= 0.6 is 0 Å². The summed E-state index contributed by atoms with van der Waals surface area (Å²) in [6.45, 7) is 2.32. The Hall–Kier alpha value is -1.14. The van der Waals surface area contributed by atoms with Crippen molar-refractivity contribution >= 4 is 12.2 Å². The number of fused-ring (bicyclic) bond motifs is 3. The summed E-state index contributed by atoms with van der Waals surface area (Å²) in [6, 6.07) is -0.611. The molecule has 7 atom stereocenters. The molecular formula is C20H35N3O3. The van der Waals surface area contributed by atoms with Crippen LogP contribution in [0.4, 0.5) is 4.79 Å². The number of rotatable bonds is 5. The molecule has 0 bridgehead atoms. The van der Waals surface area contributed by atoms with E-state index in [1.54, 1.807) is 7.11 Å². The van der Waals surface area contributed by atoms with Crippen molar-refractivity contribution in [2.75, 3.05) is 14.2 Å². The zero-order valence-electron chi connectivity index (χ0n) is 16.4. The molecule has 6 nitrogen and oxygen atoms in total. The number of nitrogens with one attached hydrogen (secondary N) is 1. The first kappa shape index (κ1) is 19.6. The predicted molar refractivity (Wildman–Crippen MR) is 102 cm³/mol. The van der Waals surface area contributed by atoms with Crippen LogP contribution in [0.25, 0.3) is 0 Å². The van der Waals surface area contributed by atoms with Crippen LogP contribution in [-0.4, -0.2) is 38.7 Å². The minimum absolute atomic E-state index is 0.0294. The molecule has 3 aliphatic carbocycles. The third kappa shape index (κ3) is 3.63. The molecule has 0 spiro atoms. The van der Waals surface area contributed by atoms with Gasteiger partial charge in [0, 0.05) is 31.8 Å². The van der Waals surface area contributed by atoms with Crippen molar-refractivity contribution in [1.82, 2.24) is 5.43 Å². The number of hydrogen-bond acceptors (Lipinski definition) is 4. The number of ether oxygens (including phenoxy) is 2. The SMILES string of the molecule is CCC1CCC2C(CCC3(C=NNC(N)=O)CCC(OC)C(OC)C23)C1. The third-order valence-electron chi connectivity index (χ3n) is 7.52. The Labute approximate surface area is 157 Å². The number of carbonyl (C=O) groups excluding carboxylic acids is 1. The van der Waals surface area contributed by atoms with Crippen molar-refractivity contribution in [3.05, 3.63) is 0 Å². The average molecular weight is 366 g/mol. The zero-order valence-corrected chi connectivity index (χ0v) is 16.4. The van der Waals surface area contributed by atoms with Gasteiger partial charge in [-0.05, 0) is 56.3 Å². The summed E-state index contributed by atoms with van der Waals surface area (Å²) in [5, 5.41) is 4.21. The van der Waals surface area contributed by atoms with Crippen LogP contribution in [0.2, 0.25) is 0 Å². The molecule has 0 heterocycles. The van der Waals surface area contributed by atoms with E-state index in [9.17, 15) is 4.79 Å². The quantitative estimate of drug-likeness (QED) is 0.579. The van der Waals surface area contributed by atoms with Gasteiger partial charge in [-0.25, -0.2) is 10.2 Å². The maximum absolute atomic E-state index is 11.1. The second-order valence-corrected chi connectivity index (χ2v) is 8.56.